The fourth-order valence-corrected chi connectivity index (χ4v) is 10.9. The van der Waals surface area contributed by atoms with Crippen LogP contribution in [0, 0.1) is 0 Å². The summed E-state index contributed by atoms with van der Waals surface area (Å²) in [7, 11) is 0. The first-order chi connectivity index (χ1) is 36.0. The van der Waals surface area contributed by atoms with Crippen LogP contribution < -0.4 is 9.47 Å². The smallest absolute Gasteiger partial charge is 0.130 e. The first kappa shape index (κ1) is 48.3. The second-order valence-corrected chi connectivity index (χ2v) is 20.8. The average Bonchev–Trinajstić information content (AvgIpc) is 3.43. The monoisotopic (exact) mass is 966 g/mol. The highest BCUT2D eigenvalue weighted by molar-refractivity contribution is 5.91. The third-order valence-electron chi connectivity index (χ3n) is 15.3. The largest absolute Gasteiger partial charge is 0.490 e. The molecule has 11 rings (SSSR count). The first-order valence-electron chi connectivity index (χ1n) is 25.9. The van der Waals surface area contributed by atoms with Crippen LogP contribution >= 0.6 is 0 Å². The minimum atomic E-state index is -0.454. The van der Waals surface area contributed by atoms with Crippen molar-refractivity contribution in [3.63, 3.8) is 0 Å². The lowest BCUT2D eigenvalue weighted by Gasteiger charge is -2.32. The van der Waals surface area contributed by atoms with Crippen molar-refractivity contribution < 1.29 is 19.7 Å². The molecule has 0 bridgehead atoms. The second kappa shape index (κ2) is 20.5. The lowest BCUT2D eigenvalue weighted by atomic mass is 9.72. The molecule has 0 aliphatic heterocycles. The van der Waals surface area contributed by atoms with Gasteiger partial charge in [0, 0.05) is 34.8 Å². The van der Waals surface area contributed by atoms with E-state index in [2.05, 4.69) is 246 Å². The van der Waals surface area contributed by atoms with Gasteiger partial charge in [-0.2, -0.15) is 0 Å². The molecule has 0 fully saturated rings. The van der Waals surface area contributed by atoms with Crippen molar-refractivity contribution in [2.45, 2.75) is 51.4 Å². The van der Waals surface area contributed by atoms with Gasteiger partial charge in [0.15, 0.2) is 0 Å². The number of hydrogen-bond donors (Lipinski definition) is 2. The van der Waals surface area contributed by atoms with E-state index in [1.54, 1.807) is 0 Å². The van der Waals surface area contributed by atoms with Crippen molar-refractivity contribution in [2.24, 2.45) is 0 Å². The van der Waals surface area contributed by atoms with Gasteiger partial charge < -0.3 is 19.7 Å². The van der Waals surface area contributed by atoms with E-state index in [9.17, 15) is 10.2 Å². The quantitative estimate of drug-likeness (QED) is 0.101. The molecule has 366 valence electrons. The molecule has 0 aliphatic rings. The highest BCUT2D eigenvalue weighted by Crippen LogP contribution is 2.46. The van der Waals surface area contributed by atoms with Crippen LogP contribution in [0.15, 0.2) is 218 Å². The Morgan fingerprint density at radius 1 is 0.324 bits per heavy atom. The number of benzene rings is 11. The van der Waals surface area contributed by atoms with Gasteiger partial charge in [0.05, 0.1) is 13.2 Å². The topological polar surface area (TPSA) is 58.9 Å². The van der Waals surface area contributed by atoms with Gasteiger partial charge in [0.2, 0.25) is 0 Å². The van der Waals surface area contributed by atoms with E-state index in [4.69, 9.17) is 9.47 Å². The van der Waals surface area contributed by atoms with Gasteiger partial charge in [-0.3, -0.25) is 0 Å². The Balaban J connectivity index is 1.05. The van der Waals surface area contributed by atoms with E-state index in [0.29, 0.717) is 12.8 Å². The fourth-order valence-electron chi connectivity index (χ4n) is 10.9. The highest BCUT2D eigenvalue weighted by atomic mass is 16.5. The molecule has 0 aliphatic carbocycles. The Labute approximate surface area is 435 Å². The molecule has 0 radical (unpaired) electrons. The second-order valence-electron chi connectivity index (χ2n) is 20.8. The molecule has 4 nitrogen and oxygen atoms in total. The minimum Gasteiger partial charge on any atom is -0.490 e. The van der Waals surface area contributed by atoms with Gasteiger partial charge in [-0.1, -0.05) is 222 Å². The molecule has 0 saturated heterocycles. The Morgan fingerprint density at radius 3 is 1.05 bits per heavy atom. The highest BCUT2D eigenvalue weighted by Gasteiger charge is 2.31. The third-order valence-corrected chi connectivity index (χ3v) is 15.3. The van der Waals surface area contributed by atoms with Crippen LogP contribution in [-0.2, 0) is 23.7 Å². The summed E-state index contributed by atoms with van der Waals surface area (Å²) in [6.45, 7) is 9.53. The number of ether oxygens (including phenoxy) is 2. The van der Waals surface area contributed by atoms with Gasteiger partial charge in [0.1, 0.15) is 24.7 Å². The molecular formula is C70H62O4. The van der Waals surface area contributed by atoms with Crippen molar-refractivity contribution in [3.8, 4) is 33.8 Å². The molecule has 4 heteroatoms. The normalized spacial score (nSPS) is 12.0. The van der Waals surface area contributed by atoms with E-state index >= 15 is 0 Å². The summed E-state index contributed by atoms with van der Waals surface area (Å²) in [6, 6.07) is 79.2. The molecule has 0 spiro atoms. The standard InChI is InChI=1S/C70H62O4/c1-69(2,63-42-59(38-47-24-26-49-14-5-9-18-53(49)36-47)67(73-34-32-71)65(45-63)57-30-28-51-16-7-11-20-55(51)40-57)61-22-13-23-62(44-61)70(3,4)64-43-60(39-48-25-27-50-15-6-10-19-54(50)37-48)68(74-35-33-72)66(46-64)58-31-29-52-17-8-12-21-56(52)41-58/h5-31,36-37,40-46,71-72H,32-35,38-39H2,1-4H3. The Hall–Kier alpha value is -8.02. The summed E-state index contributed by atoms with van der Waals surface area (Å²) in [5.41, 5.74) is 12.5. The van der Waals surface area contributed by atoms with Crippen LogP contribution in [0.25, 0.3) is 65.3 Å². The summed E-state index contributed by atoms with van der Waals surface area (Å²) in [6.07, 6.45) is 1.31. The molecule has 11 aromatic carbocycles. The van der Waals surface area contributed by atoms with Crippen molar-refractivity contribution in [3.05, 3.63) is 263 Å². The molecule has 0 amide bonds. The lowest BCUT2D eigenvalue weighted by Crippen LogP contribution is -2.24. The van der Waals surface area contributed by atoms with Crippen LogP contribution in [0.2, 0.25) is 0 Å². The van der Waals surface area contributed by atoms with Gasteiger partial charge in [-0.25, -0.2) is 0 Å². The van der Waals surface area contributed by atoms with Gasteiger partial charge in [-0.15, -0.1) is 0 Å². The Morgan fingerprint density at radius 2 is 0.676 bits per heavy atom. The zero-order chi connectivity index (χ0) is 50.8. The SMILES string of the molecule is CC(C)(c1cccc(C(C)(C)c2cc(Cc3ccc4ccccc4c3)c(OCCO)c(-c3ccc4ccccc4c3)c2)c1)c1cc(Cc2ccc3ccccc3c2)c(OCCO)c(-c2ccc3ccccc3c2)c1. The maximum absolute atomic E-state index is 10.2. The van der Waals surface area contributed by atoms with Crippen molar-refractivity contribution >= 4 is 43.1 Å². The summed E-state index contributed by atoms with van der Waals surface area (Å²) in [5, 5.41) is 29.8. The van der Waals surface area contributed by atoms with E-state index in [0.717, 1.165) is 55.7 Å². The molecule has 0 atom stereocenters. The van der Waals surface area contributed by atoms with Crippen molar-refractivity contribution in [1.29, 1.82) is 0 Å². The fraction of sp³-hybridized carbons (Fsp3) is 0.171. The minimum absolute atomic E-state index is 0.0878. The zero-order valence-corrected chi connectivity index (χ0v) is 42.7. The molecule has 74 heavy (non-hydrogen) atoms. The maximum Gasteiger partial charge on any atom is 0.130 e. The lowest BCUT2D eigenvalue weighted by molar-refractivity contribution is 0.201. The van der Waals surface area contributed by atoms with Crippen LogP contribution in [0.1, 0.15) is 72.2 Å². The van der Waals surface area contributed by atoms with Crippen LogP contribution in [0.3, 0.4) is 0 Å². The van der Waals surface area contributed by atoms with Crippen LogP contribution in [-0.4, -0.2) is 36.6 Å². The van der Waals surface area contributed by atoms with Crippen molar-refractivity contribution in [1.82, 2.24) is 0 Å². The molecular weight excluding hydrogens is 905 g/mol. The summed E-state index contributed by atoms with van der Waals surface area (Å²) < 4.78 is 13.2. The molecule has 0 unspecified atom stereocenters. The molecule has 2 N–H and O–H groups in total. The van der Waals surface area contributed by atoms with E-state index < -0.39 is 10.8 Å². The Kier molecular flexibility index (Phi) is 13.4. The van der Waals surface area contributed by atoms with Gasteiger partial charge in [-0.05, 0) is 123 Å². The third kappa shape index (κ3) is 9.67. The van der Waals surface area contributed by atoms with E-state index in [1.807, 2.05) is 0 Å². The number of rotatable bonds is 16. The maximum atomic E-state index is 10.2. The number of aliphatic hydroxyl groups excluding tert-OH is 2. The van der Waals surface area contributed by atoms with Crippen LogP contribution in [0.5, 0.6) is 11.5 Å². The number of fused-ring (bicyclic) bond motifs is 4. The Bertz CT molecular complexity index is 3600. The number of aliphatic hydroxyl groups is 2. The average molecular weight is 967 g/mol. The molecule has 0 saturated carbocycles. The van der Waals surface area contributed by atoms with Gasteiger partial charge >= 0.3 is 0 Å². The van der Waals surface area contributed by atoms with Crippen molar-refractivity contribution in [2.75, 3.05) is 26.4 Å². The van der Waals surface area contributed by atoms with Crippen LogP contribution in [0.4, 0.5) is 0 Å². The van der Waals surface area contributed by atoms with E-state index in [1.165, 1.54) is 65.7 Å². The number of hydrogen-bond acceptors (Lipinski definition) is 4. The molecule has 11 aromatic rings. The first-order valence-corrected chi connectivity index (χ1v) is 25.9. The summed E-state index contributed by atoms with van der Waals surface area (Å²) in [5.74, 6) is 1.59. The van der Waals surface area contributed by atoms with Gasteiger partial charge in [0.25, 0.3) is 0 Å². The predicted molar refractivity (Wildman–Crippen MR) is 308 cm³/mol. The zero-order valence-electron chi connectivity index (χ0n) is 42.7. The van der Waals surface area contributed by atoms with E-state index in [-0.39, 0.29) is 26.4 Å². The molecule has 0 aromatic heterocycles. The predicted octanol–water partition coefficient (Wildman–Crippen LogP) is 16.2. The molecule has 0 heterocycles. The summed E-state index contributed by atoms with van der Waals surface area (Å²) >= 11 is 0. The summed E-state index contributed by atoms with van der Waals surface area (Å²) in [4.78, 5) is 0.